The van der Waals surface area contributed by atoms with Crippen LogP contribution in [0.3, 0.4) is 0 Å². The maximum absolute atomic E-state index is 13.1. The van der Waals surface area contributed by atoms with Crippen LogP contribution in [-0.2, 0) is 0 Å². The summed E-state index contributed by atoms with van der Waals surface area (Å²) in [6, 6.07) is 8.94. The molecule has 0 atom stereocenters. The predicted octanol–water partition coefficient (Wildman–Crippen LogP) is 3.36. The lowest BCUT2D eigenvalue weighted by Gasteiger charge is -2.08. The van der Waals surface area contributed by atoms with Gasteiger partial charge >= 0.3 is 0 Å². The number of hydrogen-bond donors (Lipinski definition) is 1. The number of rotatable bonds is 2. The number of nitrogen functional groups attached to an aromatic ring is 1. The molecule has 0 unspecified atom stereocenters. The first-order valence-electron chi connectivity index (χ1n) is 5.85. The summed E-state index contributed by atoms with van der Waals surface area (Å²) < 4.78 is 14.5. The topological polar surface area (TPSA) is 69.6 Å². The third kappa shape index (κ3) is 2.55. The molecule has 2 aromatic carbocycles. The fourth-order valence-electron chi connectivity index (χ4n) is 1.88. The number of benzene rings is 2. The van der Waals surface area contributed by atoms with Crippen LogP contribution in [0.4, 0.5) is 10.1 Å². The monoisotopic (exact) mass is 323 g/mol. The average molecular weight is 324 g/mol. The van der Waals surface area contributed by atoms with Crippen molar-refractivity contribution in [2.45, 2.75) is 0 Å². The van der Waals surface area contributed by atoms with Crippen molar-refractivity contribution >= 4 is 28.9 Å². The lowest BCUT2D eigenvalue weighted by Crippen LogP contribution is -2.01. The minimum atomic E-state index is -0.441. The van der Waals surface area contributed by atoms with Gasteiger partial charge in [0.2, 0.25) is 0 Å². The van der Waals surface area contributed by atoms with Crippen molar-refractivity contribution in [1.29, 1.82) is 0 Å². The summed E-state index contributed by atoms with van der Waals surface area (Å²) in [5.41, 5.74) is 7.24. The van der Waals surface area contributed by atoms with Gasteiger partial charge in [-0.05, 0) is 46.8 Å². The standard InChI is InChI=1S/C13H8Cl2FN5/c14-10-6-8(17)2-3-9(10)13-18-19-20-21(13)12-4-1-7(16)5-11(12)15/h1-6H,17H2. The summed E-state index contributed by atoms with van der Waals surface area (Å²) in [4.78, 5) is 0. The Kier molecular flexibility index (Phi) is 3.48. The highest BCUT2D eigenvalue weighted by molar-refractivity contribution is 6.33. The van der Waals surface area contributed by atoms with Crippen molar-refractivity contribution in [3.05, 3.63) is 52.3 Å². The Bertz CT molecular complexity index is 752. The van der Waals surface area contributed by atoms with Gasteiger partial charge in [0.25, 0.3) is 0 Å². The molecule has 0 radical (unpaired) electrons. The first-order chi connectivity index (χ1) is 10.1. The van der Waals surface area contributed by atoms with Crippen LogP contribution in [0.15, 0.2) is 36.4 Å². The summed E-state index contributed by atoms with van der Waals surface area (Å²) in [5.74, 6) is -0.0580. The molecular weight excluding hydrogens is 316 g/mol. The number of nitrogens with zero attached hydrogens (tertiary/aromatic N) is 4. The van der Waals surface area contributed by atoms with Gasteiger partial charge in [0.15, 0.2) is 5.82 Å². The maximum Gasteiger partial charge on any atom is 0.188 e. The Hall–Kier alpha value is -2.18. The molecule has 0 aliphatic rings. The number of halogens is 3. The van der Waals surface area contributed by atoms with Gasteiger partial charge in [-0.1, -0.05) is 23.2 Å². The first kappa shape index (κ1) is 13.8. The molecule has 1 aromatic heterocycles. The quantitative estimate of drug-likeness (QED) is 0.734. The normalized spacial score (nSPS) is 10.8. The van der Waals surface area contributed by atoms with Crippen molar-refractivity contribution in [3.63, 3.8) is 0 Å². The van der Waals surface area contributed by atoms with Crippen molar-refractivity contribution in [2.24, 2.45) is 0 Å². The largest absolute Gasteiger partial charge is 0.399 e. The van der Waals surface area contributed by atoms with Crippen LogP contribution in [0.1, 0.15) is 0 Å². The van der Waals surface area contributed by atoms with Gasteiger partial charge in [-0.15, -0.1) is 5.10 Å². The Balaban J connectivity index is 2.17. The number of tetrazole rings is 1. The molecule has 0 fully saturated rings. The van der Waals surface area contributed by atoms with E-state index in [1.807, 2.05) is 0 Å². The van der Waals surface area contributed by atoms with Crippen LogP contribution >= 0.6 is 23.2 Å². The van der Waals surface area contributed by atoms with E-state index in [-0.39, 0.29) is 5.02 Å². The number of aromatic nitrogens is 4. The molecule has 3 aromatic rings. The second-order valence-electron chi connectivity index (χ2n) is 4.25. The van der Waals surface area contributed by atoms with Gasteiger partial charge in [-0.3, -0.25) is 0 Å². The minimum absolute atomic E-state index is 0.190. The molecule has 0 saturated heterocycles. The molecule has 1 heterocycles. The van der Waals surface area contributed by atoms with Crippen molar-refractivity contribution in [2.75, 3.05) is 5.73 Å². The van der Waals surface area contributed by atoms with Crippen LogP contribution in [0, 0.1) is 5.82 Å². The smallest absolute Gasteiger partial charge is 0.188 e. The van der Waals surface area contributed by atoms with Crippen LogP contribution in [0.25, 0.3) is 17.1 Å². The highest BCUT2D eigenvalue weighted by Gasteiger charge is 2.16. The van der Waals surface area contributed by atoms with E-state index in [1.165, 1.54) is 22.9 Å². The van der Waals surface area contributed by atoms with Gasteiger partial charge in [0.05, 0.1) is 15.7 Å². The lowest BCUT2D eigenvalue weighted by molar-refractivity contribution is 0.627. The van der Waals surface area contributed by atoms with E-state index < -0.39 is 5.82 Å². The summed E-state index contributed by atoms with van der Waals surface area (Å²) in [5, 5.41) is 12.0. The molecule has 0 aliphatic carbocycles. The molecule has 0 saturated carbocycles. The average Bonchev–Trinajstić information content (AvgIpc) is 2.87. The zero-order valence-corrected chi connectivity index (χ0v) is 12.0. The maximum atomic E-state index is 13.1. The zero-order valence-electron chi connectivity index (χ0n) is 10.5. The van der Waals surface area contributed by atoms with E-state index in [1.54, 1.807) is 18.2 Å². The van der Waals surface area contributed by atoms with Gasteiger partial charge < -0.3 is 5.73 Å². The third-order valence-electron chi connectivity index (χ3n) is 2.84. The Morgan fingerprint density at radius 3 is 2.57 bits per heavy atom. The molecule has 21 heavy (non-hydrogen) atoms. The highest BCUT2D eigenvalue weighted by atomic mass is 35.5. The molecule has 8 heteroatoms. The van der Waals surface area contributed by atoms with Crippen molar-refractivity contribution in [3.8, 4) is 17.1 Å². The second kappa shape index (κ2) is 5.31. The van der Waals surface area contributed by atoms with Crippen LogP contribution < -0.4 is 5.73 Å². The van der Waals surface area contributed by atoms with E-state index in [0.717, 1.165) is 0 Å². The van der Waals surface area contributed by atoms with E-state index in [0.29, 0.717) is 27.8 Å². The first-order valence-corrected chi connectivity index (χ1v) is 6.61. The Labute approximate surface area is 129 Å². The molecule has 3 rings (SSSR count). The molecule has 0 aliphatic heterocycles. The fraction of sp³-hybridized carbons (Fsp3) is 0. The Morgan fingerprint density at radius 2 is 1.86 bits per heavy atom. The van der Waals surface area contributed by atoms with Crippen LogP contribution in [0.5, 0.6) is 0 Å². The molecular formula is C13H8Cl2FN5. The molecule has 0 amide bonds. The van der Waals surface area contributed by atoms with Gasteiger partial charge in [0.1, 0.15) is 5.82 Å². The van der Waals surface area contributed by atoms with E-state index in [2.05, 4.69) is 15.5 Å². The summed E-state index contributed by atoms with van der Waals surface area (Å²) in [6.07, 6.45) is 0. The summed E-state index contributed by atoms with van der Waals surface area (Å²) >= 11 is 12.2. The SMILES string of the molecule is Nc1ccc(-c2nnnn2-c2ccc(F)cc2Cl)c(Cl)c1. The van der Waals surface area contributed by atoms with Crippen LogP contribution in [0.2, 0.25) is 10.0 Å². The van der Waals surface area contributed by atoms with Gasteiger partial charge in [-0.25, -0.2) is 4.39 Å². The van der Waals surface area contributed by atoms with Crippen molar-refractivity contribution < 1.29 is 4.39 Å². The third-order valence-corrected chi connectivity index (χ3v) is 3.46. The molecule has 5 nitrogen and oxygen atoms in total. The summed E-state index contributed by atoms with van der Waals surface area (Å²) in [7, 11) is 0. The van der Waals surface area contributed by atoms with Crippen LogP contribution in [-0.4, -0.2) is 20.2 Å². The van der Waals surface area contributed by atoms with Gasteiger partial charge in [0, 0.05) is 11.3 Å². The molecule has 0 spiro atoms. The summed E-state index contributed by atoms with van der Waals surface area (Å²) in [6.45, 7) is 0. The second-order valence-corrected chi connectivity index (χ2v) is 5.06. The van der Waals surface area contributed by atoms with Gasteiger partial charge in [-0.2, -0.15) is 4.68 Å². The van der Waals surface area contributed by atoms with E-state index in [9.17, 15) is 4.39 Å². The molecule has 0 bridgehead atoms. The minimum Gasteiger partial charge on any atom is -0.399 e. The number of nitrogens with two attached hydrogens (primary N) is 1. The highest BCUT2D eigenvalue weighted by Crippen LogP contribution is 2.30. The zero-order chi connectivity index (χ0) is 15.0. The fourth-order valence-corrected chi connectivity index (χ4v) is 2.40. The molecule has 106 valence electrons. The van der Waals surface area contributed by atoms with Crippen molar-refractivity contribution in [1.82, 2.24) is 20.2 Å². The van der Waals surface area contributed by atoms with E-state index >= 15 is 0 Å². The molecule has 2 N–H and O–H groups in total. The predicted molar refractivity (Wildman–Crippen MR) is 79.0 cm³/mol. The Morgan fingerprint density at radius 1 is 1.05 bits per heavy atom. The lowest BCUT2D eigenvalue weighted by atomic mass is 10.2. The number of hydrogen-bond acceptors (Lipinski definition) is 4. The number of anilines is 1. The van der Waals surface area contributed by atoms with E-state index in [4.69, 9.17) is 28.9 Å².